The Labute approximate surface area is 150 Å². The SMILES string of the molecule is Cc1cc(C(=O)CCC(=O)NC(Cc2ccccc2)C(=O)O)c(C)s1. The van der Waals surface area contributed by atoms with E-state index < -0.39 is 17.9 Å². The van der Waals surface area contributed by atoms with Gasteiger partial charge in [0, 0.05) is 34.6 Å². The number of rotatable bonds is 8. The first-order chi connectivity index (χ1) is 11.9. The molecule has 1 unspecified atom stereocenters. The van der Waals surface area contributed by atoms with Gasteiger partial charge in [0.25, 0.3) is 0 Å². The number of carbonyl (C=O) groups is 3. The summed E-state index contributed by atoms with van der Waals surface area (Å²) in [4.78, 5) is 37.6. The number of thiophene rings is 1. The van der Waals surface area contributed by atoms with E-state index in [2.05, 4.69) is 5.32 Å². The van der Waals surface area contributed by atoms with E-state index in [-0.39, 0.29) is 25.0 Å². The van der Waals surface area contributed by atoms with Gasteiger partial charge in [0.05, 0.1) is 0 Å². The van der Waals surface area contributed by atoms with Crippen molar-refractivity contribution in [2.24, 2.45) is 0 Å². The van der Waals surface area contributed by atoms with Crippen LogP contribution in [0.3, 0.4) is 0 Å². The van der Waals surface area contributed by atoms with Gasteiger partial charge >= 0.3 is 5.97 Å². The summed E-state index contributed by atoms with van der Waals surface area (Å²) in [5.74, 6) is -1.61. The number of amides is 1. The molecule has 0 saturated heterocycles. The number of ketones is 1. The zero-order chi connectivity index (χ0) is 18.4. The van der Waals surface area contributed by atoms with Crippen LogP contribution in [0.2, 0.25) is 0 Å². The number of nitrogens with one attached hydrogen (secondary N) is 1. The number of carboxylic acids is 1. The lowest BCUT2D eigenvalue weighted by molar-refractivity contribution is -0.141. The number of carbonyl (C=O) groups excluding carboxylic acids is 2. The molecule has 2 rings (SSSR count). The summed E-state index contributed by atoms with van der Waals surface area (Å²) in [5, 5.41) is 11.8. The summed E-state index contributed by atoms with van der Waals surface area (Å²) in [7, 11) is 0. The molecule has 1 heterocycles. The van der Waals surface area contributed by atoms with Crippen molar-refractivity contribution < 1.29 is 19.5 Å². The highest BCUT2D eigenvalue weighted by Gasteiger charge is 2.21. The second kappa shape index (κ2) is 8.58. The van der Waals surface area contributed by atoms with Crippen molar-refractivity contribution in [1.82, 2.24) is 5.32 Å². The van der Waals surface area contributed by atoms with E-state index in [4.69, 9.17) is 0 Å². The molecule has 0 radical (unpaired) electrons. The molecule has 0 aliphatic carbocycles. The summed E-state index contributed by atoms with van der Waals surface area (Å²) in [6.45, 7) is 3.81. The average molecular weight is 359 g/mol. The maximum absolute atomic E-state index is 12.2. The Hall–Kier alpha value is -2.47. The number of benzene rings is 1. The van der Waals surface area contributed by atoms with Crippen LogP contribution in [0.1, 0.15) is 38.5 Å². The summed E-state index contributed by atoms with van der Waals surface area (Å²) >= 11 is 1.55. The molecule has 1 amide bonds. The Morgan fingerprint density at radius 2 is 1.80 bits per heavy atom. The van der Waals surface area contributed by atoms with Crippen molar-refractivity contribution in [2.45, 2.75) is 39.2 Å². The molecular formula is C19H21NO4S. The van der Waals surface area contributed by atoms with Crippen molar-refractivity contribution in [3.8, 4) is 0 Å². The molecule has 2 N–H and O–H groups in total. The number of hydrogen-bond acceptors (Lipinski definition) is 4. The molecule has 132 valence electrons. The molecule has 0 saturated carbocycles. The maximum Gasteiger partial charge on any atom is 0.326 e. The molecule has 0 spiro atoms. The highest BCUT2D eigenvalue weighted by Crippen LogP contribution is 2.22. The number of hydrogen-bond donors (Lipinski definition) is 2. The summed E-state index contributed by atoms with van der Waals surface area (Å²) < 4.78 is 0. The van der Waals surface area contributed by atoms with Gasteiger partial charge in [0.15, 0.2) is 5.78 Å². The van der Waals surface area contributed by atoms with Gasteiger partial charge in [-0.05, 0) is 25.5 Å². The van der Waals surface area contributed by atoms with E-state index >= 15 is 0 Å². The number of carboxylic acid groups (broad SMARTS) is 1. The number of aryl methyl sites for hydroxylation is 2. The van der Waals surface area contributed by atoms with E-state index in [9.17, 15) is 19.5 Å². The summed E-state index contributed by atoms with van der Waals surface area (Å²) in [6.07, 6.45) is 0.255. The van der Waals surface area contributed by atoms with Gasteiger partial charge in [-0.1, -0.05) is 30.3 Å². The number of aliphatic carboxylic acids is 1. The predicted molar refractivity (Wildman–Crippen MR) is 97.1 cm³/mol. The normalized spacial score (nSPS) is 11.8. The molecule has 0 aliphatic rings. The topological polar surface area (TPSA) is 83.5 Å². The summed E-state index contributed by atoms with van der Waals surface area (Å²) in [6, 6.07) is 9.93. The van der Waals surface area contributed by atoms with Crippen molar-refractivity contribution in [1.29, 1.82) is 0 Å². The lowest BCUT2D eigenvalue weighted by Gasteiger charge is -2.14. The van der Waals surface area contributed by atoms with Gasteiger partial charge < -0.3 is 10.4 Å². The van der Waals surface area contributed by atoms with Crippen LogP contribution in [0.4, 0.5) is 0 Å². The Bertz CT molecular complexity index is 767. The highest BCUT2D eigenvalue weighted by molar-refractivity contribution is 7.12. The van der Waals surface area contributed by atoms with Gasteiger partial charge in [-0.2, -0.15) is 0 Å². The lowest BCUT2D eigenvalue weighted by Crippen LogP contribution is -2.42. The van der Waals surface area contributed by atoms with Gasteiger partial charge in [-0.25, -0.2) is 4.79 Å². The first-order valence-corrected chi connectivity index (χ1v) is 8.85. The first-order valence-electron chi connectivity index (χ1n) is 8.03. The van der Waals surface area contributed by atoms with E-state index in [1.807, 2.05) is 50.2 Å². The van der Waals surface area contributed by atoms with Crippen LogP contribution in [-0.2, 0) is 16.0 Å². The molecular weight excluding hydrogens is 338 g/mol. The number of Topliss-reactive ketones (excluding diaryl/α,β-unsaturated/α-hetero) is 1. The first kappa shape index (κ1) is 18.9. The van der Waals surface area contributed by atoms with Gasteiger partial charge in [-0.3, -0.25) is 9.59 Å². The van der Waals surface area contributed by atoms with Crippen LogP contribution in [0.5, 0.6) is 0 Å². The van der Waals surface area contributed by atoms with Crippen LogP contribution in [0.25, 0.3) is 0 Å². The third-order valence-electron chi connectivity index (χ3n) is 3.84. The molecule has 0 bridgehead atoms. The second-order valence-corrected chi connectivity index (χ2v) is 7.36. The molecule has 6 heteroatoms. The van der Waals surface area contributed by atoms with E-state index in [0.29, 0.717) is 5.56 Å². The Morgan fingerprint density at radius 1 is 1.12 bits per heavy atom. The third-order valence-corrected chi connectivity index (χ3v) is 4.80. The minimum Gasteiger partial charge on any atom is -0.480 e. The van der Waals surface area contributed by atoms with Crippen molar-refractivity contribution in [3.63, 3.8) is 0 Å². The Kier molecular flexibility index (Phi) is 6.47. The van der Waals surface area contributed by atoms with Crippen LogP contribution in [0, 0.1) is 13.8 Å². The van der Waals surface area contributed by atoms with Gasteiger partial charge in [0.1, 0.15) is 6.04 Å². The molecule has 0 aliphatic heterocycles. The Balaban J connectivity index is 1.90. The zero-order valence-electron chi connectivity index (χ0n) is 14.2. The molecule has 0 fully saturated rings. The second-order valence-electron chi connectivity index (χ2n) is 5.90. The Morgan fingerprint density at radius 3 is 2.36 bits per heavy atom. The van der Waals surface area contributed by atoms with E-state index in [0.717, 1.165) is 15.3 Å². The van der Waals surface area contributed by atoms with Gasteiger partial charge in [-0.15, -0.1) is 11.3 Å². The lowest BCUT2D eigenvalue weighted by atomic mass is 10.0. The minimum atomic E-state index is -1.09. The van der Waals surface area contributed by atoms with E-state index in [1.165, 1.54) is 0 Å². The maximum atomic E-state index is 12.2. The fourth-order valence-corrected chi connectivity index (χ4v) is 3.53. The molecule has 1 atom stereocenters. The molecule has 5 nitrogen and oxygen atoms in total. The minimum absolute atomic E-state index is 0.0221. The van der Waals surface area contributed by atoms with E-state index in [1.54, 1.807) is 11.3 Å². The van der Waals surface area contributed by atoms with Crippen LogP contribution < -0.4 is 5.32 Å². The monoisotopic (exact) mass is 359 g/mol. The molecule has 1 aromatic carbocycles. The largest absolute Gasteiger partial charge is 0.480 e. The average Bonchev–Trinajstić information content (AvgIpc) is 2.91. The van der Waals surface area contributed by atoms with Crippen LogP contribution >= 0.6 is 11.3 Å². The quantitative estimate of drug-likeness (QED) is 0.709. The predicted octanol–water partition coefficient (Wildman–Crippen LogP) is 3.14. The molecule has 2 aromatic rings. The fourth-order valence-electron chi connectivity index (χ4n) is 2.59. The fraction of sp³-hybridized carbons (Fsp3) is 0.316. The molecule has 1 aromatic heterocycles. The van der Waals surface area contributed by atoms with Crippen molar-refractivity contribution in [2.75, 3.05) is 0 Å². The van der Waals surface area contributed by atoms with Crippen molar-refractivity contribution >= 4 is 29.0 Å². The highest BCUT2D eigenvalue weighted by atomic mass is 32.1. The van der Waals surface area contributed by atoms with Crippen LogP contribution in [0.15, 0.2) is 36.4 Å². The molecule has 25 heavy (non-hydrogen) atoms. The standard InChI is InChI=1S/C19H21NO4S/c1-12-10-15(13(2)25-12)17(21)8-9-18(22)20-16(19(23)24)11-14-6-4-3-5-7-14/h3-7,10,16H,8-9,11H2,1-2H3,(H,20,22)(H,23,24). The summed E-state index contributed by atoms with van der Waals surface area (Å²) in [5.41, 5.74) is 1.48. The smallest absolute Gasteiger partial charge is 0.326 e. The van der Waals surface area contributed by atoms with Gasteiger partial charge in [0.2, 0.25) is 5.91 Å². The third kappa shape index (κ3) is 5.53. The van der Waals surface area contributed by atoms with Crippen LogP contribution in [-0.4, -0.2) is 28.8 Å². The van der Waals surface area contributed by atoms with Crippen molar-refractivity contribution in [3.05, 3.63) is 57.3 Å². The zero-order valence-corrected chi connectivity index (χ0v) is 15.1.